The molecular weight excluding hydrogens is 280 g/mol. The molecule has 3 rings (SSSR count). The number of aliphatic hydroxyl groups is 1. The number of likely N-dealkylation sites (tertiary alicyclic amines) is 1. The minimum Gasteiger partial charge on any atom is -0.392 e. The summed E-state index contributed by atoms with van der Waals surface area (Å²) in [6.45, 7) is 5.88. The normalized spacial score (nSPS) is 19.6. The monoisotopic (exact) mass is 304 g/mol. The van der Waals surface area contributed by atoms with Crippen molar-refractivity contribution < 1.29 is 5.11 Å². The minimum absolute atomic E-state index is 0.148. The van der Waals surface area contributed by atoms with Crippen LogP contribution in [0, 0.1) is 0 Å². The van der Waals surface area contributed by atoms with E-state index >= 15 is 0 Å². The fourth-order valence-corrected chi connectivity index (χ4v) is 2.94. The maximum atomic E-state index is 9.68. The SMILES string of the molecule is CCc1cc(NCCCN2CCCC(O)C2)c2nncn2n1. The molecule has 2 aromatic rings. The van der Waals surface area contributed by atoms with Gasteiger partial charge in [-0.25, -0.2) is 0 Å². The number of aliphatic hydroxyl groups excluding tert-OH is 1. The summed E-state index contributed by atoms with van der Waals surface area (Å²) < 4.78 is 1.72. The summed E-state index contributed by atoms with van der Waals surface area (Å²) in [6, 6.07) is 2.05. The van der Waals surface area contributed by atoms with Crippen molar-refractivity contribution in [3.8, 4) is 0 Å². The number of rotatable bonds is 6. The lowest BCUT2D eigenvalue weighted by Gasteiger charge is -2.29. The first kappa shape index (κ1) is 15.2. The Morgan fingerprint density at radius 1 is 1.45 bits per heavy atom. The van der Waals surface area contributed by atoms with Crippen LogP contribution in [0.5, 0.6) is 0 Å². The number of aromatic nitrogens is 4. The topological polar surface area (TPSA) is 78.6 Å². The third-order valence-electron chi connectivity index (χ3n) is 4.13. The van der Waals surface area contributed by atoms with Crippen molar-refractivity contribution in [3.63, 3.8) is 0 Å². The van der Waals surface area contributed by atoms with Gasteiger partial charge in [0, 0.05) is 13.1 Å². The van der Waals surface area contributed by atoms with Crippen molar-refractivity contribution in [2.75, 3.05) is 31.5 Å². The van der Waals surface area contributed by atoms with Gasteiger partial charge in [-0.15, -0.1) is 10.2 Å². The number of piperidine rings is 1. The molecule has 22 heavy (non-hydrogen) atoms. The molecule has 120 valence electrons. The number of nitrogens with one attached hydrogen (secondary N) is 1. The molecule has 1 unspecified atom stereocenters. The summed E-state index contributed by atoms with van der Waals surface area (Å²) in [5.74, 6) is 0. The maximum Gasteiger partial charge on any atom is 0.200 e. The largest absolute Gasteiger partial charge is 0.392 e. The highest BCUT2D eigenvalue weighted by atomic mass is 16.3. The zero-order chi connectivity index (χ0) is 15.4. The Morgan fingerprint density at radius 3 is 3.18 bits per heavy atom. The van der Waals surface area contributed by atoms with Crippen LogP contribution < -0.4 is 5.32 Å². The van der Waals surface area contributed by atoms with E-state index in [1.807, 2.05) is 0 Å². The number of hydrogen-bond acceptors (Lipinski definition) is 6. The van der Waals surface area contributed by atoms with Crippen LogP contribution in [-0.2, 0) is 6.42 Å². The zero-order valence-corrected chi connectivity index (χ0v) is 13.1. The predicted octanol–water partition coefficient (Wildman–Crippen LogP) is 0.945. The molecule has 0 spiro atoms. The fraction of sp³-hybridized carbons (Fsp3) is 0.667. The van der Waals surface area contributed by atoms with Gasteiger partial charge in [-0.3, -0.25) is 0 Å². The summed E-state index contributed by atoms with van der Waals surface area (Å²) in [4.78, 5) is 2.34. The average Bonchev–Trinajstić information content (AvgIpc) is 3.00. The lowest BCUT2D eigenvalue weighted by molar-refractivity contribution is 0.0706. The van der Waals surface area contributed by atoms with Crippen LogP contribution in [0.4, 0.5) is 5.69 Å². The van der Waals surface area contributed by atoms with E-state index in [9.17, 15) is 5.11 Å². The van der Waals surface area contributed by atoms with Gasteiger partial charge in [0.15, 0.2) is 0 Å². The summed E-state index contributed by atoms with van der Waals surface area (Å²) in [6.07, 6.45) is 5.44. The summed E-state index contributed by atoms with van der Waals surface area (Å²) in [5, 5.41) is 25.6. The van der Waals surface area contributed by atoms with Gasteiger partial charge in [-0.1, -0.05) is 6.92 Å². The standard InChI is InChI=1S/C15H24N6O/c1-2-12-9-14(15-18-17-11-21(15)19-12)16-6-4-8-20-7-3-5-13(22)10-20/h9,11,13,16,22H,2-8,10H2,1H3. The van der Waals surface area contributed by atoms with E-state index in [2.05, 4.69) is 38.5 Å². The Labute approximate surface area is 130 Å². The molecule has 2 N–H and O–H groups in total. The number of β-amino-alcohol motifs (C(OH)–C–C–N with tert-alkyl or cyclic N) is 1. The van der Waals surface area contributed by atoms with Gasteiger partial charge in [-0.2, -0.15) is 9.61 Å². The lowest BCUT2D eigenvalue weighted by atomic mass is 10.1. The average molecular weight is 304 g/mol. The zero-order valence-electron chi connectivity index (χ0n) is 13.1. The Hall–Kier alpha value is -1.73. The van der Waals surface area contributed by atoms with Crippen LogP contribution in [0.15, 0.2) is 12.4 Å². The molecule has 0 amide bonds. The Morgan fingerprint density at radius 2 is 2.36 bits per heavy atom. The van der Waals surface area contributed by atoms with Crippen molar-refractivity contribution in [2.24, 2.45) is 0 Å². The van der Waals surface area contributed by atoms with E-state index in [-0.39, 0.29) is 6.10 Å². The third kappa shape index (κ3) is 3.53. The lowest BCUT2D eigenvalue weighted by Crippen LogP contribution is -2.39. The second-order valence-corrected chi connectivity index (χ2v) is 5.88. The quantitative estimate of drug-likeness (QED) is 0.774. The number of anilines is 1. The van der Waals surface area contributed by atoms with Crippen LogP contribution in [0.25, 0.3) is 5.65 Å². The first-order valence-corrected chi connectivity index (χ1v) is 8.10. The van der Waals surface area contributed by atoms with Crippen LogP contribution in [0.3, 0.4) is 0 Å². The molecule has 7 nitrogen and oxygen atoms in total. The van der Waals surface area contributed by atoms with Crippen LogP contribution in [0.2, 0.25) is 0 Å². The summed E-state index contributed by atoms with van der Waals surface area (Å²) in [7, 11) is 0. The van der Waals surface area contributed by atoms with Gasteiger partial charge in [0.05, 0.1) is 17.5 Å². The molecule has 3 heterocycles. The molecule has 1 atom stereocenters. The number of hydrogen-bond donors (Lipinski definition) is 2. The van der Waals surface area contributed by atoms with Gasteiger partial charge >= 0.3 is 0 Å². The third-order valence-corrected chi connectivity index (χ3v) is 4.13. The molecule has 0 bridgehead atoms. The molecule has 1 fully saturated rings. The van der Waals surface area contributed by atoms with E-state index in [0.717, 1.165) is 68.9 Å². The molecule has 0 radical (unpaired) electrons. The van der Waals surface area contributed by atoms with Gasteiger partial charge in [0.2, 0.25) is 5.65 Å². The van der Waals surface area contributed by atoms with Crippen molar-refractivity contribution in [3.05, 3.63) is 18.1 Å². The molecule has 2 aromatic heterocycles. The second-order valence-electron chi connectivity index (χ2n) is 5.88. The van der Waals surface area contributed by atoms with Crippen molar-refractivity contribution >= 4 is 11.3 Å². The van der Waals surface area contributed by atoms with E-state index in [1.165, 1.54) is 0 Å². The predicted molar refractivity (Wildman–Crippen MR) is 84.9 cm³/mol. The molecule has 1 aliphatic rings. The summed E-state index contributed by atoms with van der Waals surface area (Å²) in [5.41, 5.74) is 2.78. The first-order valence-electron chi connectivity index (χ1n) is 8.10. The van der Waals surface area contributed by atoms with Crippen molar-refractivity contribution in [1.29, 1.82) is 0 Å². The van der Waals surface area contributed by atoms with Crippen molar-refractivity contribution in [1.82, 2.24) is 24.7 Å². The second kappa shape index (κ2) is 7.02. The highest BCUT2D eigenvalue weighted by Crippen LogP contribution is 2.15. The van der Waals surface area contributed by atoms with Gasteiger partial charge in [0.1, 0.15) is 6.33 Å². The minimum atomic E-state index is -0.148. The van der Waals surface area contributed by atoms with Crippen LogP contribution in [-0.4, -0.2) is 62.1 Å². The molecule has 0 aliphatic carbocycles. The molecule has 0 saturated carbocycles. The Kier molecular flexibility index (Phi) is 4.84. The Balaban J connectivity index is 1.54. The van der Waals surface area contributed by atoms with E-state index in [4.69, 9.17) is 0 Å². The van der Waals surface area contributed by atoms with Gasteiger partial charge in [0.25, 0.3) is 0 Å². The summed E-state index contributed by atoms with van der Waals surface area (Å²) >= 11 is 0. The molecule has 1 saturated heterocycles. The fourth-order valence-electron chi connectivity index (χ4n) is 2.94. The smallest absolute Gasteiger partial charge is 0.200 e. The Bertz CT molecular complexity index is 613. The van der Waals surface area contributed by atoms with Crippen LogP contribution in [0.1, 0.15) is 31.9 Å². The molecule has 1 aliphatic heterocycles. The van der Waals surface area contributed by atoms with Gasteiger partial charge < -0.3 is 15.3 Å². The van der Waals surface area contributed by atoms with Crippen LogP contribution >= 0.6 is 0 Å². The number of aryl methyl sites for hydroxylation is 1. The maximum absolute atomic E-state index is 9.68. The molecular formula is C15H24N6O. The van der Waals surface area contributed by atoms with E-state index in [1.54, 1.807) is 10.8 Å². The van der Waals surface area contributed by atoms with E-state index in [0.29, 0.717) is 0 Å². The van der Waals surface area contributed by atoms with Crippen molar-refractivity contribution in [2.45, 2.75) is 38.7 Å². The van der Waals surface area contributed by atoms with E-state index < -0.39 is 0 Å². The first-order chi connectivity index (χ1) is 10.8. The number of nitrogens with zero attached hydrogens (tertiary/aromatic N) is 5. The highest BCUT2D eigenvalue weighted by Gasteiger charge is 2.16. The molecule has 7 heteroatoms. The number of fused-ring (bicyclic) bond motifs is 1. The molecule has 0 aromatic carbocycles. The van der Waals surface area contributed by atoms with Gasteiger partial charge in [-0.05, 0) is 44.8 Å². The highest BCUT2D eigenvalue weighted by molar-refractivity contribution is 5.66.